The molecule has 0 aliphatic rings. The number of H-pyrrole nitrogens is 1. The maximum atomic E-state index is 13.1. The van der Waals surface area contributed by atoms with E-state index in [0.29, 0.717) is 18.5 Å². The molecule has 2 N–H and O–H groups in total. The summed E-state index contributed by atoms with van der Waals surface area (Å²) in [6.45, 7) is 0.427. The van der Waals surface area contributed by atoms with Crippen LogP contribution in [0.1, 0.15) is 10.6 Å². The molecule has 0 aliphatic carbocycles. The van der Waals surface area contributed by atoms with Crippen LogP contribution in [-0.2, 0) is 20.0 Å². The Bertz CT molecular complexity index is 1360. The molecule has 8 nitrogen and oxygen atoms in total. The first-order valence-corrected chi connectivity index (χ1v) is 9.35. The van der Waals surface area contributed by atoms with Gasteiger partial charge >= 0.3 is 0 Å². The Labute approximate surface area is 156 Å². The van der Waals surface area contributed by atoms with Crippen LogP contribution >= 0.6 is 11.3 Å². The van der Waals surface area contributed by atoms with Crippen LogP contribution in [0.2, 0.25) is 0 Å². The van der Waals surface area contributed by atoms with Gasteiger partial charge in [-0.3, -0.25) is 9.89 Å². The summed E-state index contributed by atoms with van der Waals surface area (Å²) in [4.78, 5) is 17.7. The molecule has 0 saturated heterocycles. The van der Waals surface area contributed by atoms with Crippen molar-refractivity contribution in [3.8, 4) is 0 Å². The predicted octanol–water partition coefficient (Wildman–Crippen LogP) is 1.80. The van der Waals surface area contributed by atoms with Gasteiger partial charge in [0.2, 0.25) is 0 Å². The molecule has 0 spiro atoms. The van der Waals surface area contributed by atoms with Crippen LogP contribution in [0.5, 0.6) is 0 Å². The van der Waals surface area contributed by atoms with Crippen molar-refractivity contribution in [2.45, 2.75) is 13.0 Å². The van der Waals surface area contributed by atoms with Crippen molar-refractivity contribution >= 4 is 43.5 Å². The number of aliphatic hydroxyl groups excluding tert-OH is 1. The Morgan fingerprint density at radius 2 is 2.15 bits per heavy atom. The summed E-state index contributed by atoms with van der Waals surface area (Å²) in [6.07, 6.45) is 4.01. The van der Waals surface area contributed by atoms with Gasteiger partial charge in [0.15, 0.2) is 5.65 Å². The van der Waals surface area contributed by atoms with Gasteiger partial charge in [-0.1, -0.05) is 12.1 Å². The summed E-state index contributed by atoms with van der Waals surface area (Å²) < 4.78 is 4.23. The first-order chi connectivity index (χ1) is 13.2. The molecule has 4 heterocycles. The fourth-order valence-corrected chi connectivity index (χ4v) is 4.57. The van der Waals surface area contributed by atoms with E-state index in [-0.39, 0.29) is 12.2 Å². The van der Waals surface area contributed by atoms with E-state index in [2.05, 4.69) is 20.3 Å². The smallest absolute Gasteiger partial charge is 0.291 e. The summed E-state index contributed by atoms with van der Waals surface area (Å²) in [6, 6.07) is 5.86. The highest BCUT2D eigenvalue weighted by atomic mass is 32.1. The highest BCUT2D eigenvalue weighted by Crippen LogP contribution is 2.31. The highest BCUT2D eigenvalue weighted by molar-refractivity contribution is 7.19. The second kappa shape index (κ2) is 6.00. The molecule has 5 rings (SSSR count). The van der Waals surface area contributed by atoms with Crippen molar-refractivity contribution in [1.29, 1.82) is 0 Å². The van der Waals surface area contributed by atoms with Crippen LogP contribution < -0.4 is 5.56 Å². The lowest BCUT2D eigenvalue weighted by Crippen LogP contribution is -2.24. The Morgan fingerprint density at radius 3 is 3.00 bits per heavy atom. The van der Waals surface area contributed by atoms with Crippen LogP contribution in [0, 0.1) is 0 Å². The Morgan fingerprint density at radius 1 is 1.26 bits per heavy atom. The molecule has 0 aliphatic heterocycles. The standard InChI is InChI=1S/C18H16N6O2S/c1-23-15-12(16-17(23)21-14(27-16)5-6-25)8-20-24(18(15)26)9-10-3-2-4-13-11(10)7-19-22-13/h2-4,7-8,25H,5-6,9H2,1H3,(H,19,22). The number of hydrogen-bond donors (Lipinski definition) is 2. The summed E-state index contributed by atoms with van der Waals surface area (Å²) in [5.74, 6) is 0. The van der Waals surface area contributed by atoms with Gasteiger partial charge in [-0.25, -0.2) is 9.67 Å². The summed E-state index contributed by atoms with van der Waals surface area (Å²) in [5.41, 5.74) is 3.11. The lowest BCUT2D eigenvalue weighted by Gasteiger charge is -2.07. The maximum absolute atomic E-state index is 13.1. The Kier molecular flexibility index (Phi) is 3.59. The number of nitrogens with zero attached hydrogens (tertiary/aromatic N) is 5. The van der Waals surface area contributed by atoms with Crippen molar-refractivity contribution in [2.75, 3.05) is 6.61 Å². The second-order valence-corrected chi connectivity index (χ2v) is 7.49. The molecular formula is C18H16N6O2S. The zero-order chi connectivity index (χ0) is 18.5. The lowest BCUT2D eigenvalue weighted by atomic mass is 10.1. The number of fused-ring (bicyclic) bond motifs is 4. The van der Waals surface area contributed by atoms with E-state index in [1.807, 2.05) is 29.8 Å². The Balaban J connectivity index is 1.66. The fourth-order valence-electron chi connectivity index (χ4n) is 3.48. The van der Waals surface area contributed by atoms with Gasteiger partial charge in [-0.2, -0.15) is 10.2 Å². The third-order valence-electron chi connectivity index (χ3n) is 4.79. The number of nitrogens with one attached hydrogen (secondary N) is 1. The first kappa shape index (κ1) is 16.2. The van der Waals surface area contributed by atoms with Gasteiger partial charge in [0.05, 0.1) is 34.2 Å². The van der Waals surface area contributed by atoms with Crippen LogP contribution in [0.4, 0.5) is 0 Å². The monoisotopic (exact) mass is 380 g/mol. The molecule has 9 heteroatoms. The second-order valence-electron chi connectivity index (χ2n) is 6.41. The zero-order valence-corrected chi connectivity index (χ0v) is 15.3. The number of aromatic amines is 1. The van der Waals surface area contributed by atoms with E-state index in [1.165, 1.54) is 16.0 Å². The number of benzene rings is 1. The maximum Gasteiger partial charge on any atom is 0.291 e. The quantitative estimate of drug-likeness (QED) is 0.495. The molecule has 1 aromatic carbocycles. The van der Waals surface area contributed by atoms with E-state index in [1.54, 1.807) is 12.4 Å². The van der Waals surface area contributed by atoms with E-state index in [0.717, 1.165) is 37.2 Å². The summed E-state index contributed by atoms with van der Waals surface area (Å²) >= 11 is 1.50. The molecule has 5 aromatic rings. The molecule has 0 amide bonds. The molecule has 0 radical (unpaired) electrons. The molecule has 0 atom stereocenters. The first-order valence-electron chi connectivity index (χ1n) is 8.53. The molecule has 0 saturated carbocycles. The van der Waals surface area contributed by atoms with E-state index >= 15 is 0 Å². The number of rotatable bonds is 4. The largest absolute Gasteiger partial charge is 0.396 e. The summed E-state index contributed by atoms with van der Waals surface area (Å²) in [7, 11) is 1.84. The van der Waals surface area contributed by atoms with Crippen molar-refractivity contribution in [3.63, 3.8) is 0 Å². The lowest BCUT2D eigenvalue weighted by molar-refractivity contribution is 0.299. The molecular weight excluding hydrogens is 364 g/mol. The van der Waals surface area contributed by atoms with Gasteiger partial charge in [-0.15, -0.1) is 11.3 Å². The average Bonchev–Trinajstić information content (AvgIpc) is 3.35. The average molecular weight is 380 g/mol. The van der Waals surface area contributed by atoms with Gasteiger partial charge in [0.1, 0.15) is 5.52 Å². The van der Waals surface area contributed by atoms with Crippen molar-refractivity contribution < 1.29 is 5.11 Å². The zero-order valence-electron chi connectivity index (χ0n) is 14.5. The van der Waals surface area contributed by atoms with Gasteiger partial charge in [0, 0.05) is 30.8 Å². The predicted molar refractivity (Wildman–Crippen MR) is 104 cm³/mol. The number of aliphatic hydroxyl groups is 1. The number of aromatic nitrogens is 6. The number of hydrogen-bond acceptors (Lipinski definition) is 6. The van der Waals surface area contributed by atoms with Crippen LogP contribution in [0.3, 0.4) is 0 Å². The topological polar surface area (TPSA) is 102 Å². The minimum absolute atomic E-state index is 0.0579. The SMILES string of the molecule is Cn1c2nc(CCO)sc2c2cnn(Cc3cccc4[nH]ncc34)c(=O)c21. The van der Waals surface area contributed by atoms with Crippen LogP contribution in [-0.4, -0.2) is 41.2 Å². The normalized spacial score (nSPS) is 11.9. The third kappa shape index (κ3) is 2.39. The minimum Gasteiger partial charge on any atom is -0.396 e. The third-order valence-corrected chi connectivity index (χ3v) is 5.93. The van der Waals surface area contributed by atoms with Crippen LogP contribution in [0.25, 0.3) is 32.2 Å². The molecule has 4 aromatic heterocycles. The minimum atomic E-state index is -0.149. The highest BCUT2D eigenvalue weighted by Gasteiger charge is 2.18. The molecule has 0 fully saturated rings. The van der Waals surface area contributed by atoms with Crippen molar-refractivity contribution in [3.05, 3.63) is 51.5 Å². The molecule has 27 heavy (non-hydrogen) atoms. The van der Waals surface area contributed by atoms with E-state index < -0.39 is 0 Å². The molecule has 136 valence electrons. The van der Waals surface area contributed by atoms with Gasteiger partial charge in [0.25, 0.3) is 5.56 Å². The van der Waals surface area contributed by atoms with Crippen LogP contribution in [0.15, 0.2) is 35.4 Å². The molecule has 0 bridgehead atoms. The van der Waals surface area contributed by atoms with Gasteiger partial charge < -0.3 is 9.67 Å². The van der Waals surface area contributed by atoms with E-state index in [4.69, 9.17) is 5.11 Å². The fraction of sp³-hybridized carbons (Fsp3) is 0.222. The van der Waals surface area contributed by atoms with E-state index in [9.17, 15) is 4.79 Å². The van der Waals surface area contributed by atoms with Gasteiger partial charge in [-0.05, 0) is 11.6 Å². The van der Waals surface area contributed by atoms with Crippen molar-refractivity contribution in [1.82, 2.24) is 29.5 Å². The number of aryl methyl sites for hydroxylation is 1. The summed E-state index contributed by atoms with van der Waals surface area (Å²) in [5, 5.41) is 23.2. The van der Waals surface area contributed by atoms with Crippen molar-refractivity contribution in [2.24, 2.45) is 7.05 Å². The Hall–Kier alpha value is -3.04. The molecule has 0 unspecified atom stereocenters. The number of thiazole rings is 1.